The molecule has 0 aliphatic heterocycles. The fourth-order valence-corrected chi connectivity index (χ4v) is 3.32. The first-order valence-electron chi connectivity index (χ1n) is 8.33. The van der Waals surface area contributed by atoms with Crippen LogP contribution in [0.4, 0.5) is 11.4 Å². The van der Waals surface area contributed by atoms with E-state index in [1.807, 2.05) is 30.3 Å². The lowest BCUT2D eigenvalue weighted by molar-refractivity contribution is 0.153. The number of nitrogens with two attached hydrogens (primary N) is 2. The number of nitrogens with zero attached hydrogens (tertiary/aromatic N) is 1. The second-order valence-electron chi connectivity index (χ2n) is 5.78. The van der Waals surface area contributed by atoms with Crippen LogP contribution in [0.25, 0.3) is 0 Å². The molecule has 0 spiro atoms. The molecule has 5 heteroatoms. The summed E-state index contributed by atoms with van der Waals surface area (Å²) in [5, 5.41) is 0. The van der Waals surface area contributed by atoms with Crippen LogP contribution in [0.3, 0.4) is 0 Å². The van der Waals surface area contributed by atoms with Gasteiger partial charge in [-0.1, -0.05) is 25.6 Å². The van der Waals surface area contributed by atoms with Crippen molar-refractivity contribution >= 4 is 23.1 Å². The molecule has 0 heterocycles. The smallest absolute Gasteiger partial charge is 0.119 e. The highest BCUT2D eigenvalue weighted by Crippen LogP contribution is 2.31. The van der Waals surface area contributed by atoms with E-state index in [0.29, 0.717) is 11.4 Å². The maximum Gasteiger partial charge on any atom is 0.119 e. The van der Waals surface area contributed by atoms with Crippen molar-refractivity contribution in [3.05, 3.63) is 42.5 Å². The Morgan fingerprint density at radius 1 is 0.958 bits per heavy atom. The van der Waals surface area contributed by atoms with Crippen molar-refractivity contribution in [1.82, 2.24) is 4.90 Å². The van der Waals surface area contributed by atoms with Gasteiger partial charge in [-0.2, -0.15) is 0 Å². The molecule has 24 heavy (non-hydrogen) atoms. The average Bonchev–Trinajstić information content (AvgIpc) is 2.58. The Morgan fingerprint density at radius 3 is 2.17 bits per heavy atom. The summed E-state index contributed by atoms with van der Waals surface area (Å²) < 4.78 is 6.00. The predicted molar refractivity (Wildman–Crippen MR) is 104 cm³/mol. The Labute approximate surface area is 149 Å². The molecule has 130 valence electrons. The van der Waals surface area contributed by atoms with Gasteiger partial charge in [-0.3, -0.25) is 0 Å². The molecule has 0 saturated carbocycles. The van der Waals surface area contributed by atoms with E-state index < -0.39 is 0 Å². The van der Waals surface area contributed by atoms with Gasteiger partial charge >= 0.3 is 0 Å². The summed E-state index contributed by atoms with van der Waals surface area (Å²) in [4.78, 5) is 4.58. The van der Waals surface area contributed by atoms with E-state index in [4.69, 9.17) is 16.2 Å². The van der Waals surface area contributed by atoms with Crippen LogP contribution in [0.5, 0.6) is 5.75 Å². The van der Waals surface area contributed by atoms with Gasteiger partial charge in [0.1, 0.15) is 11.9 Å². The quantitative estimate of drug-likeness (QED) is 0.705. The average molecular weight is 346 g/mol. The molecular weight excluding hydrogens is 318 g/mol. The molecule has 2 rings (SSSR count). The zero-order valence-electron chi connectivity index (χ0n) is 14.7. The van der Waals surface area contributed by atoms with Crippen molar-refractivity contribution in [3.63, 3.8) is 0 Å². The number of anilines is 2. The molecule has 0 aliphatic carbocycles. The zero-order chi connectivity index (χ0) is 17.5. The van der Waals surface area contributed by atoms with Gasteiger partial charge in [0.25, 0.3) is 0 Å². The third kappa shape index (κ3) is 5.35. The van der Waals surface area contributed by atoms with Crippen LogP contribution in [-0.2, 0) is 0 Å². The molecule has 1 unspecified atom stereocenters. The van der Waals surface area contributed by atoms with Gasteiger partial charge in [-0.25, -0.2) is 0 Å². The number of rotatable bonds is 8. The third-order valence-corrected chi connectivity index (χ3v) is 4.86. The van der Waals surface area contributed by atoms with E-state index in [1.165, 1.54) is 0 Å². The van der Waals surface area contributed by atoms with Crippen molar-refractivity contribution < 1.29 is 4.74 Å². The van der Waals surface area contributed by atoms with Crippen molar-refractivity contribution in [2.45, 2.75) is 36.7 Å². The van der Waals surface area contributed by atoms with Gasteiger partial charge in [0, 0.05) is 16.3 Å². The number of hydrogen-bond acceptors (Lipinski definition) is 5. The molecule has 0 saturated heterocycles. The number of ether oxygens (including phenoxy) is 1. The molecule has 0 aliphatic rings. The summed E-state index contributed by atoms with van der Waals surface area (Å²) in [5.41, 5.74) is 12.8. The van der Waals surface area contributed by atoms with Crippen molar-refractivity contribution in [2.24, 2.45) is 0 Å². The number of hydrogen-bond donors (Lipinski definition) is 2. The zero-order valence-corrected chi connectivity index (χ0v) is 15.5. The Kier molecular flexibility index (Phi) is 6.82. The topological polar surface area (TPSA) is 64.5 Å². The lowest BCUT2D eigenvalue weighted by Crippen LogP contribution is -2.33. The van der Waals surface area contributed by atoms with Crippen LogP contribution in [0.2, 0.25) is 0 Å². The van der Waals surface area contributed by atoms with Gasteiger partial charge in [-0.05, 0) is 62.5 Å². The van der Waals surface area contributed by atoms with Gasteiger partial charge in [0.15, 0.2) is 0 Å². The summed E-state index contributed by atoms with van der Waals surface area (Å²) in [6.07, 6.45) is 0.167. The predicted octanol–water partition coefficient (Wildman–Crippen LogP) is 4.11. The molecule has 0 aromatic heterocycles. The van der Waals surface area contributed by atoms with E-state index in [1.54, 1.807) is 11.8 Å². The van der Waals surface area contributed by atoms with Crippen molar-refractivity contribution in [3.8, 4) is 5.75 Å². The first kappa shape index (κ1) is 18.5. The molecule has 0 radical (unpaired) electrons. The van der Waals surface area contributed by atoms with E-state index in [9.17, 15) is 0 Å². The van der Waals surface area contributed by atoms with E-state index >= 15 is 0 Å². The first-order chi connectivity index (χ1) is 11.5. The highest BCUT2D eigenvalue weighted by atomic mass is 32.2. The van der Waals surface area contributed by atoms with Gasteiger partial charge in [0.05, 0.1) is 11.4 Å². The van der Waals surface area contributed by atoms with Crippen LogP contribution in [-0.4, -0.2) is 30.6 Å². The first-order valence-corrected chi connectivity index (χ1v) is 9.15. The molecule has 1 atom stereocenters. The van der Waals surface area contributed by atoms with Crippen LogP contribution in [0.1, 0.15) is 20.8 Å². The van der Waals surface area contributed by atoms with Crippen LogP contribution in [0, 0.1) is 0 Å². The monoisotopic (exact) mass is 345 g/mol. The molecule has 0 bridgehead atoms. The summed E-state index contributed by atoms with van der Waals surface area (Å²) in [5.74, 6) is 0.899. The minimum Gasteiger partial charge on any atom is -0.489 e. The second-order valence-corrected chi connectivity index (χ2v) is 6.93. The summed E-state index contributed by atoms with van der Waals surface area (Å²) in [7, 11) is 0. The minimum absolute atomic E-state index is 0.167. The van der Waals surface area contributed by atoms with E-state index in [-0.39, 0.29) is 6.10 Å². The van der Waals surface area contributed by atoms with Crippen molar-refractivity contribution in [2.75, 3.05) is 31.1 Å². The molecule has 0 fully saturated rings. The normalized spacial score (nSPS) is 12.3. The highest BCUT2D eigenvalue weighted by molar-refractivity contribution is 7.99. The van der Waals surface area contributed by atoms with Crippen LogP contribution >= 0.6 is 11.8 Å². The van der Waals surface area contributed by atoms with Gasteiger partial charge in [-0.15, -0.1) is 0 Å². The number of benzene rings is 2. The van der Waals surface area contributed by atoms with Gasteiger partial charge in [0.2, 0.25) is 0 Å². The summed E-state index contributed by atoms with van der Waals surface area (Å²) in [6.45, 7) is 9.49. The highest BCUT2D eigenvalue weighted by Gasteiger charge is 2.09. The molecular formula is C19H27N3OS. The largest absolute Gasteiger partial charge is 0.489 e. The summed E-state index contributed by atoms with van der Waals surface area (Å²) >= 11 is 1.66. The molecule has 0 amide bonds. The molecule has 2 aromatic rings. The van der Waals surface area contributed by atoms with E-state index in [2.05, 4.69) is 37.8 Å². The Bertz CT molecular complexity index is 642. The third-order valence-electron chi connectivity index (χ3n) is 3.86. The van der Waals surface area contributed by atoms with Crippen molar-refractivity contribution in [1.29, 1.82) is 0 Å². The lowest BCUT2D eigenvalue weighted by Gasteiger charge is -2.23. The molecule has 4 N–H and O–H groups in total. The lowest BCUT2D eigenvalue weighted by atomic mass is 10.3. The Hall–Kier alpha value is -1.85. The maximum absolute atomic E-state index is 6.00. The van der Waals surface area contributed by atoms with Gasteiger partial charge < -0.3 is 21.1 Å². The van der Waals surface area contributed by atoms with E-state index in [0.717, 1.165) is 35.2 Å². The van der Waals surface area contributed by atoms with Crippen LogP contribution < -0.4 is 16.2 Å². The Morgan fingerprint density at radius 2 is 1.58 bits per heavy atom. The van der Waals surface area contributed by atoms with Crippen LogP contribution in [0.15, 0.2) is 52.3 Å². The number of likely N-dealkylation sites (N-methyl/N-ethyl adjacent to an activating group) is 1. The SMILES string of the molecule is CCN(CC)CC(C)Oc1ccc(Sc2ccc(N)c(N)c2)cc1. The minimum atomic E-state index is 0.167. The standard InChI is InChI=1S/C19H27N3OS/c1-4-22(5-2)13-14(3)23-15-6-8-16(9-7-15)24-17-10-11-18(20)19(21)12-17/h6-12,14H,4-5,13,20-21H2,1-3H3. The fraction of sp³-hybridized carbons (Fsp3) is 0.368. The Balaban J connectivity index is 1.93. The number of nitrogen functional groups attached to an aromatic ring is 2. The molecule has 2 aromatic carbocycles. The fourth-order valence-electron chi connectivity index (χ4n) is 2.45. The maximum atomic E-state index is 6.00. The second kappa shape index (κ2) is 8.85. The summed E-state index contributed by atoms with van der Waals surface area (Å²) in [6, 6.07) is 13.9. The molecule has 4 nitrogen and oxygen atoms in total.